The second-order valence-electron chi connectivity index (χ2n) is 7.36. The van der Waals surface area contributed by atoms with Crippen molar-refractivity contribution in [3.05, 3.63) is 63.6 Å². The number of ether oxygens (including phenoxy) is 2. The molecule has 1 aliphatic rings. The molecule has 0 spiro atoms. The predicted octanol–water partition coefficient (Wildman–Crippen LogP) is 4.35. The fourth-order valence-corrected chi connectivity index (χ4v) is 4.14. The number of hydrogen-bond acceptors (Lipinski definition) is 5. The average molecular weight is 405 g/mol. The summed E-state index contributed by atoms with van der Waals surface area (Å²) in [5, 5.41) is 3.44. The van der Waals surface area contributed by atoms with E-state index in [0.29, 0.717) is 23.9 Å². The quantitative estimate of drug-likeness (QED) is 0.660. The average Bonchev–Trinajstić information content (AvgIpc) is 2.78. The second-order valence-corrected chi connectivity index (χ2v) is 7.36. The number of aryl methyl sites for hydroxylation is 3. The molecule has 0 atom stereocenters. The van der Waals surface area contributed by atoms with E-state index in [4.69, 9.17) is 9.47 Å². The lowest BCUT2D eigenvalue weighted by Crippen LogP contribution is -2.29. The van der Waals surface area contributed by atoms with E-state index in [1.807, 2.05) is 18.2 Å². The number of methoxy groups -OCH3 is 2. The van der Waals surface area contributed by atoms with E-state index in [1.54, 1.807) is 18.8 Å². The first-order chi connectivity index (χ1) is 14.6. The molecule has 2 aromatic carbocycles. The number of nitrogens with zero attached hydrogens (tertiary/aromatic N) is 2. The summed E-state index contributed by atoms with van der Waals surface area (Å²) in [6.45, 7) is 4.85. The zero-order chi connectivity index (χ0) is 21.3. The van der Waals surface area contributed by atoms with Gasteiger partial charge >= 0.3 is 5.69 Å². The van der Waals surface area contributed by atoms with Crippen molar-refractivity contribution in [2.45, 2.75) is 39.7 Å². The molecule has 1 aliphatic heterocycles. The molecule has 4 rings (SSSR count). The van der Waals surface area contributed by atoms with Gasteiger partial charge in [0.25, 0.3) is 0 Å². The number of hydrogen-bond donors (Lipinski definition) is 1. The Bertz CT molecular complexity index is 1130. The standard InChI is InChI=1S/C24H27N3O3/c1-5-15-8-7-9-16(6-2)23(15)25-22-14-19-18-13-21(30-4)20(29-3)12-17(18)10-11-27(19)24(28)26-22/h7-9,12-14H,5-6,10-11H2,1-4H3,(H,25,26,28). The lowest BCUT2D eigenvalue weighted by atomic mass is 9.96. The van der Waals surface area contributed by atoms with E-state index in [-0.39, 0.29) is 5.69 Å². The molecule has 3 aromatic rings. The molecule has 6 heteroatoms. The van der Waals surface area contributed by atoms with E-state index < -0.39 is 0 Å². The smallest absolute Gasteiger partial charge is 0.350 e. The first kappa shape index (κ1) is 20.0. The lowest BCUT2D eigenvalue weighted by molar-refractivity contribution is 0.354. The number of anilines is 2. The van der Waals surface area contributed by atoms with Gasteiger partial charge in [0.2, 0.25) is 0 Å². The highest BCUT2D eigenvalue weighted by molar-refractivity contribution is 5.74. The van der Waals surface area contributed by atoms with Gasteiger partial charge < -0.3 is 14.8 Å². The van der Waals surface area contributed by atoms with Crippen LogP contribution in [0.15, 0.2) is 41.2 Å². The van der Waals surface area contributed by atoms with Crippen LogP contribution in [0.1, 0.15) is 30.5 Å². The fraction of sp³-hybridized carbons (Fsp3) is 0.333. The van der Waals surface area contributed by atoms with Crippen molar-refractivity contribution < 1.29 is 9.47 Å². The summed E-state index contributed by atoms with van der Waals surface area (Å²) in [7, 11) is 3.25. The molecule has 0 aliphatic carbocycles. The largest absolute Gasteiger partial charge is 0.493 e. The predicted molar refractivity (Wildman–Crippen MR) is 119 cm³/mol. The molecule has 0 fully saturated rings. The Hall–Kier alpha value is -3.28. The Morgan fingerprint density at radius 1 is 1.03 bits per heavy atom. The molecule has 0 unspecified atom stereocenters. The zero-order valence-electron chi connectivity index (χ0n) is 17.9. The summed E-state index contributed by atoms with van der Waals surface area (Å²) in [6.07, 6.45) is 2.55. The fourth-order valence-electron chi connectivity index (χ4n) is 4.14. The summed E-state index contributed by atoms with van der Waals surface area (Å²) in [5.74, 6) is 1.90. The van der Waals surface area contributed by atoms with E-state index in [0.717, 1.165) is 41.8 Å². The summed E-state index contributed by atoms with van der Waals surface area (Å²) in [4.78, 5) is 17.1. The van der Waals surface area contributed by atoms with Gasteiger partial charge in [0.1, 0.15) is 5.82 Å². The van der Waals surface area contributed by atoms with Gasteiger partial charge in [-0.3, -0.25) is 4.57 Å². The minimum Gasteiger partial charge on any atom is -0.493 e. The van der Waals surface area contributed by atoms with Gasteiger partial charge in [-0.2, -0.15) is 4.98 Å². The SMILES string of the molecule is CCc1cccc(CC)c1Nc1cc2n(c(=O)n1)CCc1cc(OC)c(OC)cc1-2. The Kier molecular flexibility index (Phi) is 5.48. The van der Waals surface area contributed by atoms with Crippen molar-refractivity contribution in [2.75, 3.05) is 19.5 Å². The summed E-state index contributed by atoms with van der Waals surface area (Å²) < 4.78 is 12.7. The van der Waals surface area contributed by atoms with Crippen LogP contribution in [0.5, 0.6) is 11.5 Å². The summed E-state index contributed by atoms with van der Waals surface area (Å²) in [5.41, 5.74) is 6.16. The highest BCUT2D eigenvalue weighted by Crippen LogP contribution is 2.38. The van der Waals surface area contributed by atoms with E-state index in [9.17, 15) is 4.79 Å². The van der Waals surface area contributed by atoms with Crippen LogP contribution in [0.2, 0.25) is 0 Å². The van der Waals surface area contributed by atoms with E-state index in [2.05, 4.69) is 42.3 Å². The molecular formula is C24H27N3O3. The first-order valence-electron chi connectivity index (χ1n) is 10.3. The Balaban J connectivity index is 1.84. The minimum atomic E-state index is -0.248. The van der Waals surface area contributed by atoms with Gasteiger partial charge in [-0.25, -0.2) is 4.79 Å². The van der Waals surface area contributed by atoms with Crippen LogP contribution < -0.4 is 20.5 Å². The molecule has 30 heavy (non-hydrogen) atoms. The van der Waals surface area contributed by atoms with Crippen molar-refractivity contribution in [2.24, 2.45) is 0 Å². The van der Waals surface area contributed by atoms with Crippen LogP contribution in [0.3, 0.4) is 0 Å². The monoisotopic (exact) mass is 405 g/mol. The van der Waals surface area contributed by atoms with Crippen molar-refractivity contribution in [1.29, 1.82) is 0 Å². The highest BCUT2D eigenvalue weighted by Gasteiger charge is 2.22. The maximum Gasteiger partial charge on any atom is 0.350 e. The van der Waals surface area contributed by atoms with Crippen LogP contribution in [0.25, 0.3) is 11.3 Å². The van der Waals surface area contributed by atoms with Crippen LogP contribution >= 0.6 is 0 Å². The van der Waals surface area contributed by atoms with Crippen LogP contribution in [-0.2, 0) is 25.8 Å². The second kappa shape index (κ2) is 8.22. The third kappa shape index (κ3) is 3.43. The number of fused-ring (bicyclic) bond motifs is 3. The van der Waals surface area contributed by atoms with Crippen LogP contribution in [0.4, 0.5) is 11.5 Å². The summed E-state index contributed by atoms with van der Waals surface area (Å²) in [6, 6.07) is 12.2. The van der Waals surface area contributed by atoms with Gasteiger partial charge in [0.15, 0.2) is 11.5 Å². The molecule has 156 valence electrons. The molecular weight excluding hydrogens is 378 g/mol. The minimum absolute atomic E-state index is 0.248. The van der Waals surface area contributed by atoms with Crippen LogP contribution in [-0.4, -0.2) is 23.8 Å². The van der Waals surface area contributed by atoms with Gasteiger partial charge in [0.05, 0.1) is 19.9 Å². The van der Waals surface area contributed by atoms with Gasteiger partial charge in [0, 0.05) is 23.9 Å². The normalized spacial score (nSPS) is 12.1. The molecule has 0 bridgehead atoms. The number of para-hydroxylation sites is 1. The molecule has 6 nitrogen and oxygen atoms in total. The van der Waals surface area contributed by atoms with Gasteiger partial charge in [-0.1, -0.05) is 32.0 Å². The molecule has 1 aromatic heterocycles. The van der Waals surface area contributed by atoms with Crippen molar-refractivity contribution in [3.63, 3.8) is 0 Å². The molecule has 0 amide bonds. The topological polar surface area (TPSA) is 65.4 Å². The van der Waals surface area contributed by atoms with E-state index >= 15 is 0 Å². The lowest BCUT2D eigenvalue weighted by Gasteiger charge is -2.24. The number of benzene rings is 2. The van der Waals surface area contributed by atoms with Crippen molar-refractivity contribution >= 4 is 11.5 Å². The Labute approximate surface area is 176 Å². The van der Waals surface area contributed by atoms with Crippen molar-refractivity contribution in [1.82, 2.24) is 9.55 Å². The molecule has 0 saturated heterocycles. The number of aromatic nitrogens is 2. The molecule has 1 N–H and O–H groups in total. The maximum absolute atomic E-state index is 12.8. The first-order valence-corrected chi connectivity index (χ1v) is 10.3. The molecule has 2 heterocycles. The number of nitrogens with one attached hydrogen (secondary N) is 1. The summed E-state index contributed by atoms with van der Waals surface area (Å²) >= 11 is 0. The third-order valence-corrected chi connectivity index (χ3v) is 5.75. The molecule has 0 radical (unpaired) electrons. The third-order valence-electron chi connectivity index (χ3n) is 5.75. The molecule has 0 saturated carbocycles. The number of rotatable bonds is 6. The van der Waals surface area contributed by atoms with Crippen molar-refractivity contribution in [3.8, 4) is 22.8 Å². The Morgan fingerprint density at radius 2 is 1.70 bits per heavy atom. The maximum atomic E-state index is 12.8. The Morgan fingerprint density at radius 3 is 2.33 bits per heavy atom. The zero-order valence-corrected chi connectivity index (χ0v) is 17.9. The van der Waals surface area contributed by atoms with E-state index in [1.165, 1.54) is 11.1 Å². The van der Waals surface area contributed by atoms with Crippen LogP contribution in [0, 0.1) is 0 Å². The van der Waals surface area contributed by atoms with Gasteiger partial charge in [-0.15, -0.1) is 0 Å². The van der Waals surface area contributed by atoms with Gasteiger partial charge in [-0.05, 0) is 48.1 Å². The highest BCUT2D eigenvalue weighted by atomic mass is 16.5.